The van der Waals surface area contributed by atoms with Crippen LogP contribution in [0.1, 0.15) is 31.2 Å². The molecule has 1 rings (SSSR count). The zero-order chi connectivity index (χ0) is 13.5. The van der Waals surface area contributed by atoms with E-state index in [1.165, 1.54) is 23.2 Å². The van der Waals surface area contributed by atoms with Crippen LogP contribution in [0.3, 0.4) is 0 Å². The summed E-state index contributed by atoms with van der Waals surface area (Å²) in [6.45, 7) is 3.91. The third-order valence-corrected chi connectivity index (χ3v) is 3.45. The first-order valence-corrected chi connectivity index (χ1v) is 6.61. The summed E-state index contributed by atoms with van der Waals surface area (Å²) in [6.07, 6.45) is -0.846. The van der Waals surface area contributed by atoms with Gasteiger partial charge >= 0.3 is 12.1 Å². The summed E-state index contributed by atoms with van der Waals surface area (Å²) in [5.74, 6) is -0.355. The first kappa shape index (κ1) is 14.5. The molecule has 6 heteroatoms. The molecule has 1 unspecified atom stereocenters. The third kappa shape index (κ3) is 4.37. The van der Waals surface area contributed by atoms with Crippen LogP contribution in [0, 0.1) is 0 Å². The lowest BCUT2D eigenvalue weighted by atomic mass is 10.2. The van der Waals surface area contributed by atoms with E-state index in [4.69, 9.17) is 9.84 Å². The Balaban J connectivity index is 2.62. The highest BCUT2D eigenvalue weighted by molar-refractivity contribution is 7.10. The molecule has 0 aliphatic rings. The fraction of sp³-hybridized carbons (Fsp3) is 0.500. The van der Waals surface area contributed by atoms with Gasteiger partial charge in [-0.05, 0) is 18.4 Å². The van der Waals surface area contributed by atoms with Crippen LogP contribution < -0.4 is 0 Å². The van der Waals surface area contributed by atoms with Crippen molar-refractivity contribution in [2.75, 3.05) is 13.1 Å². The van der Waals surface area contributed by atoms with E-state index in [2.05, 4.69) is 0 Å². The van der Waals surface area contributed by atoms with Crippen LogP contribution in [0.25, 0.3) is 0 Å². The Hall–Kier alpha value is -1.56. The van der Waals surface area contributed by atoms with E-state index in [9.17, 15) is 9.59 Å². The lowest BCUT2D eigenvalue weighted by molar-refractivity contribution is -0.147. The minimum atomic E-state index is -0.953. The summed E-state index contributed by atoms with van der Waals surface area (Å²) in [5, 5.41) is 10.8. The van der Waals surface area contributed by atoms with Gasteiger partial charge in [-0.2, -0.15) is 0 Å². The maximum atomic E-state index is 11.0. The van der Waals surface area contributed by atoms with Crippen LogP contribution in [0.5, 0.6) is 0 Å². The molecular weight excluding hydrogens is 254 g/mol. The van der Waals surface area contributed by atoms with Crippen molar-refractivity contribution in [2.24, 2.45) is 0 Å². The van der Waals surface area contributed by atoms with Gasteiger partial charge in [0.25, 0.3) is 0 Å². The number of hydrogen-bond donors (Lipinski definition) is 1. The second-order valence-corrected chi connectivity index (χ2v) is 4.74. The van der Waals surface area contributed by atoms with Gasteiger partial charge in [-0.25, -0.2) is 4.79 Å². The Kier molecular flexibility index (Phi) is 5.64. The average Bonchev–Trinajstić information content (AvgIpc) is 2.80. The second kappa shape index (κ2) is 7.00. The Bertz CT molecular complexity index is 391. The number of esters is 1. The highest BCUT2D eigenvalue weighted by Gasteiger charge is 2.18. The maximum absolute atomic E-state index is 11.0. The van der Waals surface area contributed by atoms with Crippen molar-refractivity contribution in [3.63, 3.8) is 0 Å². The normalized spacial score (nSPS) is 11.9. The van der Waals surface area contributed by atoms with Crippen molar-refractivity contribution in [2.45, 2.75) is 26.4 Å². The molecule has 18 heavy (non-hydrogen) atoms. The minimum Gasteiger partial charge on any atom is -0.465 e. The highest BCUT2D eigenvalue weighted by Crippen LogP contribution is 2.26. The van der Waals surface area contributed by atoms with Crippen molar-refractivity contribution >= 4 is 23.4 Å². The molecule has 1 heterocycles. The predicted octanol–water partition coefficient (Wildman–Crippen LogP) is 2.74. The van der Waals surface area contributed by atoms with Gasteiger partial charge in [-0.15, -0.1) is 11.3 Å². The molecule has 100 valence electrons. The molecule has 0 aliphatic carbocycles. The molecule has 0 saturated carbocycles. The first-order chi connectivity index (χ1) is 8.54. The molecule has 0 fully saturated rings. The maximum Gasteiger partial charge on any atom is 0.407 e. The smallest absolute Gasteiger partial charge is 0.407 e. The summed E-state index contributed by atoms with van der Waals surface area (Å²) >= 11 is 1.50. The van der Waals surface area contributed by atoms with Gasteiger partial charge in [0.2, 0.25) is 0 Å². The topological polar surface area (TPSA) is 66.8 Å². The first-order valence-electron chi connectivity index (χ1n) is 5.73. The zero-order valence-electron chi connectivity index (χ0n) is 10.5. The number of ether oxygens (including phenoxy) is 1. The molecule has 1 amide bonds. The van der Waals surface area contributed by atoms with Gasteiger partial charge in [0, 0.05) is 31.3 Å². The van der Waals surface area contributed by atoms with E-state index in [-0.39, 0.29) is 12.1 Å². The molecule has 0 saturated heterocycles. The van der Waals surface area contributed by atoms with Gasteiger partial charge in [0.15, 0.2) is 0 Å². The van der Waals surface area contributed by atoms with Crippen molar-refractivity contribution in [3.8, 4) is 0 Å². The van der Waals surface area contributed by atoms with Crippen molar-refractivity contribution in [1.29, 1.82) is 0 Å². The molecule has 0 spiro atoms. The van der Waals surface area contributed by atoms with Gasteiger partial charge < -0.3 is 14.7 Å². The van der Waals surface area contributed by atoms with E-state index >= 15 is 0 Å². The van der Waals surface area contributed by atoms with E-state index < -0.39 is 6.09 Å². The Morgan fingerprint density at radius 1 is 1.56 bits per heavy atom. The van der Waals surface area contributed by atoms with Crippen LogP contribution in [-0.4, -0.2) is 35.2 Å². The summed E-state index contributed by atoms with van der Waals surface area (Å²) in [7, 11) is 0. The van der Waals surface area contributed by atoms with Crippen molar-refractivity contribution in [1.82, 2.24) is 4.90 Å². The SMILES string of the molecule is CCN(CCC(OC(C)=O)c1cccs1)C(=O)O. The number of amides is 1. The fourth-order valence-corrected chi connectivity index (χ4v) is 2.39. The third-order valence-electron chi connectivity index (χ3n) is 2.48. The van der Waals surface area contributed by atoms with Gasteiger partial charge in [0.05, 0.1) is 0 Å². The molecule has 1 N–H and O–H groups in total. The number of thiophene rings is 1. The molecule has 0 radical (unpaired) electrons. The van der Waals surface area contributed by atoms with Gasteiger partial charge in [0.1, 0.15) is 6.10 Å². The van der Waals surface area contributed by atoms with Crippen LogP contribution >= 0.6 is 11.3 Å². The van der Waals surface area contributed by atoms with Crippen LogP contribution in [-0.2, 0) is 9.53 Å². The molecule has 0 aliphatic heterocycles. The van der Waals surface area contributed by atoms with E-state index in [0.717, 1.165) is 4.88 Å². The molecule has 0 aromatic carbocycles. The Morgan fingerprint density at radius 3 is 2.72 bits per heavy atom. The average molecular weight is 271 g/mol. The number of carboxylic acid groups (broad SMARTS) is 1. The standard InChI is InChI=1S/C12H17NO4S/c1-3-13(12(15)16)7-6-10(17-9(2)14)11-5-4-8-18-11/h4-5,8,10H,3,6-7H2,1-2H3,(H,15,16). The minimum absolute atomic E-state index is 0.349. The molecule has 1 atom stereocenters. The Labute approximate surface area is 110 Å². The van der Waals surface area contributed by atoms with Gasteiger partial charge in [-0.3, -0.25) is 4.79 Å². The van der Waals surface area contributed by atoms with E-state index in [0.29, 0.717) is 19.5 Å². The van der Waals surface area contributed by atoms with Crippen molar-refractivity contribution < 1.29 is 19.4 Å². The summed E-state index contributed by atoms with van der Waals surface area (Å²) in [5.41, 5.74) is 0. The predicted molar refractivity (Wildman–Crippen MR) is 68.7 cm³/mol. The second-order valence-electron chi connectivity index (χ2n) is 3.76. The van der Waals surface area contributed by atoms with Gasteiger partial charge in [-0.1, -0.05) is 6.07 Å². The fourth-order valence-electron chi connectivity index (χ4n) is 1.60. The summed E-state index contributed by atoms with van der Waals surface area (Å²) < 4.78 is 5.22. The Morgan fingerprint density at radius 2 is 2.28 bits per heavy atom. The summed E-state index contributed by atoms with van der Waals surface area (Å²) in [4.78, 5) is 24.2. The number of nitrogens with zero attached hydrogens (tertiary/aromatic N) is 1. The molecular formula is C12H17NO4S. The van der Waals surface area contributed by atoms with Crippen molar-refractivity contribution in [3.05, 3.63) is 22.4 Å². The lowest BCUT2D eigenvalue weighted by Gasteiger charge is -2.21. The number of carbonyl (C=O) groups is 2. The highest BCUT2D eigenvalue weighted by atomic mass is 32.1. The largest absolute Gasteiger partial charge is 0.465 e. The molecule has 1 aromatic heterocycles. The number of hydrogen-bond acceptors (Lipinski definition) is 4. The molecule has 0 bridgehead atoms. The quantitative estimate of drug-likeness (QED) is 0.808. The summed E-state index contributed by atoms with van der Waals surface area (Å²) in [6, 6.07) is 3.76. The monoisotopic (exact) mass is 271 g/mol. The lowest BCUT2D eigenvalue weighted by Crippen LogP contribution is -2.31. The number of rotatable bonds is 6. The molecule has 5 nitrogen and oxygen atoms in total. The van der Waals surface area contributed by atoms with E-state index in [1.54, 1.807) is 6.92 Å². The van der Waals surface area contributed by atoms with Crippen LogP contribution in [0.4, 0.5) is 4.79 Å². The van der Waals surface area contributed by atoms with Crippen LogP contribution in [0.15, 0.2) is 17.5 Å². The number of carbonyl (C=O) groups excluding carboxylic acids is 1. The molecule has 1 aromatic rings. The van der Waals surface area contributed by atoms with Crippen LogP contribution in [0.2, 0.25) is 0 Å². The van der Waals surface area contributed by atoms with E-state index in [1.807, 2.05) is 17.5 Å². The zero-order valence-corrected chi connectivity index (χ0v) is 11.3.